The van der Waals surface area contributed by atoms with Crippen molar-refractivity contribution in [1.82, 2.24) is 9.91 Å². The Morgan fingerprint density at radius 3 is 2.32 bits per heavy atom. The van der Waals surface area contributed by atoms with Crippen LogP contribution in [0.4, 0.5) is 0 Å². The summed E-state index contributed by atoms with van der Waals surface area (Å²) in [7, 11) is 0. The molecular weight excluding hydrogens is 330 g/mol. The monoisotopic (exact) mass is 355 g/mol. The minimum absolute atomic E-state index is 0.761. The maximum atomic E-state index is 5.95. The number of hydrogen-bond donors (Lipinski definition) is 0. The van der Waals surface area contributed by atoms with Crippen LogP contribution < -0.4 is 0 Å². The molecule has 0 aliphatic carbocycles. The second kappa shape index (κ2) is 8.03. The van der Waals surface area contributed by atoms with Gasteiger partial charge in [0.05, 0.1) is 5.71 Å². The fourth-order valence-electron chi connectivity index (χ4n) is 3.22. The third-order valence-electron chi connectivity index (χ3n) is 4.79. The van der Waals surface area contributed by atoms with E-state index in [0.29, 0.717) is 0 Å². The predicted molar refractivity (Wildman–Crippen MR) is 106 cm³/mol. The van der Waals surface area contributed by atoms with Crippen molar-refractivity contribution in [2.24, 2.45) is 5.10 Å². The molecule has 0 spiro atoms. The van der Waals surface area contributed by atoms with Crippen LogP contribution in [0.1, 0.15) is 29.2 Å². The predicted octanol–water partition coefficient (Wildman–Crippen LogP) is 4.50. The minimum Gasteiger partial charge on any atom is -0.295 e. The van der Waals surface area contributed by atoms with Crippen LogP contribution in [0.25, 0.3) is 0 Å². The zero-order valence-corrected chi connectivity index (χ0v) is 16.1. The molecular formula is C21H26ClN3. The molecule has 0 radical (unpaired) electrons. The van der Waals surface area contributed by atoms with Gasteiger partial charge in [0.1, 0.15) is 0 Å². The number of benzene rings is 2. The summed E-state index contributed by atoms with van der Waals surface area (Å²) in [5.74, 6) is 0. The molecule has 1 fully saturated rings. The van der Waals surface area contributed by atoms with E-state index in [1.165, 1.54) is 16.7 Å². The number of hydrogen-bond acceptors (Lipinski definition) is 3. The summed E-state index contributed by atoms with van der Waals surface area (Å²) in [5.41, 5.74) is 6.32. The highest BCUT2D eigenvalue weighted by Crippen LogP contribution is 2.15. The summed E-state index contributed by atoms with van der Waals surface area (Å²) < 4.78 is 0. The summed E-state index contributed by atoms with van der Waals surface area (Å²) in [5, 5.41) is 7.73. The lowest BCUT2D eigenvalue weighted by molar-refractivity contribution is 0.130. The quantitative estimate of drug-likeness (QED) is 0.752. The van der Waals surface area contributed by atoms with Gasteiger partial charge in [-0.3, -0.25) is 9.91 Å². The van der Waals surface area contributed by atoms with Crippen LogP contribution in [0.15, 0.2) is 47.6 Å². The average molecular weight is 356 g/mol. The first-order valence-electron chi connectivity index (χ1n) is 8.86. The van der Waals surface area contributed by atoms with Gasteiger partial charge in [-0.15, -0.1) is 0 Å². The standard InChI is InChI=1S/C21H26ClN3/c1-16-4-5-20(17(2)14-16)15-24-10-12-25(13-11-24)23-18(3)19-6-8-21(22)9-7-19/h4-9,14H,10-13,15H2,1-3H3/b23-18-. The highest BCUT2D eigenvalue weighted by atomic mass is 35.5. The molecule has 132 valence electrons. The molecule has 0 amide bonds. The lowest BCUT2D eigenvalue weighted by Crippen LogP contribution is -2.43. The van der Waals surface area contributed by atoms with Gasteiger partial charge in [0.2, 0.25) is 0 Å². The first-order chi connectivity index (χ1) is 12.0. The molecule has 1 aliphatic rings. The van der Waals surface area contributed by atoms with Crippen LogP contribution in [-0.4, -0.2) is 41.8 Å². The van der Waals surface area contributed by atoms with Crippen LogP contribution in [0.5, 0.6) is 0 Å². The largest absolute Gasteiger partial charge is 0.295 e. The minimum atomic E-state index is 0.761. The zero-order valence-electron chi connectivity index (χ0n) is 15.3. The highest BCUT2D eigenvalue weighted by molar-refractivity contribution is 6.30. The van der Waals surface area contributed by atoms with Gasteiger partial charge in [-0.2, -0.15) is 5.10 Å². The summed E-state index contributed by atoms with van der Waals surface area (Å²) in [4.78, 5) is 2.52. The molecule has 0 bridgehead atoms. The zero-order chi connectivity index (χ0) is 17.8. The lowest BCUT2D eigenvalue weighted by atomic mass is 10.1. The number of halogens is 1. The Morgan fingerprint density at radius 1 is 1.00 bits per heavy atom. The molecule has 3 nitrogen and oxygen atoms in total. The van der Waals surface area contributed by atoms with Crippen molar-refractivity contribution < 1.29 is 0 Å². The third-order valence-corrected chi connectivity index (χ3v) is 5.05. The number of hydrazone groups is 1. The van der Waals surface area contributed by atoms with Gasteiger partial charge in [0.25, 0.3) is 0 Å². The van der Waals surface area contributed by atoms with Gasteiger partial charge >= 0.3 is 0 Å². The van der Waals surface area contributed by atoms with E-state index in [1.807, 2.05) is 24.3 Å². The van der Waals surface area contributed by atoms with Crippen molar-refractivity contribution in [1.29, 1.82) is 0 Å². The highest BCUT2D eigenvalue weighted by Gasteiger charge is 2.16. The van der Waals surface area contributed by atoms with Crippen molar-refractivity contribution in [3.63, 3.8) is 0 Å². The first kappa shape index (κ1) is 18.0. The summed E-state index contributed by atoms with van der Waals surface area (Å²) in [6.45, 7) is 11.5. The molecule has 2 aromatic rings. The summed E-state index contributed by atoms with van der Waals surface area (Å²) in [6.07, 6.45) is 0. The second-order valence-electron chi connectivity index (χ2n) is 6.85. The van der Waals surface area contributed by atoms with Gasteiger partial charge in [-0.25, -0.2) is 0 Å². The van der Waals surface area contributed by atoms with E-state index in [9.17, 15) is 0 Å². The molecule has 2 aromatic carbocycles. The number of piperazine rings is 1. The lowest BCUT2D eigenvalue weighted by Gasteiger charge is -2.33. The Balaban J connectivity index is 1.56. The Bertz CT molecular complexity index is 744. The molecule has 0 atom stereocenters. The molecule has 0 aromatic heterocycles. The molecule has 0 N–H and O–H groups in total. The number of aryl methyl sites for hydroxylation is 2. The summed E-state index contributed by atoms with van der Waals surface area (Å²) in [6, 6.07) is 14.6. The van der Waals surface area contributed by atoms with E-state index in [4.69, 9.17) is 16.7 Å². The van der Waals surface area contributed by atoms with Crippen molar-refractivity contribution in [2.75, 3.05) is 26.2 Å². The molecule has 0 saturated carbocycles. The van der Waals surface area contributed by atoms with Crippen molar-refractivity contribution in [3.05, 3.63) is 69.7 Å². The SMILES string of the molecule is C/C(=N/N1CCN(Cc2ccc(C)cc2C)CC1)c1ccc(Cl)cc1. The van der Waals surface area contributed by atoms with Gasteiger partial charge < -0.3 is 0 Å². The van der Waals surface area contributed by atoms with Gasteiger partial charge in [0.15, 0.2) is 0 Å². The van der Waals surface area contributed by atoms with Crippen molar-refractivity contribution in [3.8, 4) is 0 Å². The van der Waals surface area contributed by atoms with Crippen molar-refractivity contribution >= 4 is 17.3 Å². The number of rotatable bonds is 4. The smallest absolute Gasteiger partial charge is 0.0646 e. The molecule has 1 saturated heterocycles. The third kappa shape index (κ3) is 4.83. The van der Waals surface area contributed by atoms with E-state index in [2.05, 4.69) is 48.9 Å². The molecule has 3 rings (SSSR count). The van der Waals surface area contributed by atoms with Gasteiger partial charge in [-0.1, -0.05) is 47.5 Å². The van der Waals surface area contributed by atoms with Crippen LogP contribution in [0, 0.1) is 13.8 Å². The Morgan fingerprint density at radius 2 is 1.68 bits per heavy atom. The van der Waals surface area contributed by atoms with Crippen LogP contribution in [0.2, 0.25) is 5.02 Å². The Hall–Kier alpha value is -1.84. The van der Waals surface area contributed by atoms with E-state index in [1.54, 1.807) is 0 Å². The molecule has 0 unspecified atom stereocenters. The normalized spacial score (nSPS) is 16.3. The second-order valence-corrected chi connectivity index (χ2v) is 7.29. The average Bonchev–Trinajstić information content (AvgIpc) is 2.59. The van der Waals surface area contributed by atoms with E-state index in [0.717, 1.165) is 49.0 Å². The van der Waals surface area contributed by atoms with Crippen LogP contribution >= 0.6 is 11.6 Å². The number of nitrogens with zero attached hydrogens (tertiary/aromatic N) is 3. The Kier molecular flexibility index (Phi) is 5.77. The molecule has 1 aliphatic heterocycles. The van der Waals surface area contributed by atoms with E-state index >= 15 is 0 Å². The Labute approximate surface area is 155 Å². The molecule has 25 heavy (non-hydrogen) atoms. The molecule has 1 heterocycles. The van der Waals surface area contributed by atoms with E-state index in [-0.39, 0.29) is 0 Å². The van der Waals surface area contributed by atoms with Crippen molar-refractivity contribution in [2.45, 2.75) is 27.3 Å². The summed E-state index contributed by atoms with van der Waals surface area (Å²) >= 11 is 5.95. The fourth-order valence-corrected chi connectivity index (χ4v) is 3.35. The molecule has 4 heteroatoms. The first-order valence-corrected chi connectivity index (χ1v) is 9.23. The van der Waals surface area contributed by atoms with Gasteiger partial charge in [0, 0.05) is 37.7 Å². The van der Waals surface area contributed by atoms with E-state index < -0.39 is 0 Å². The van der Waals surface area contributed by atoms with Crippen LogP contribution in [0.3, 0.4) is 0 Å². The fraction of sp³-hybridized carbons (Fsp3) is 0.381. The van der Waals surface area contributed by atoms with Crippen LogP contribution in [-0.2, 0) is 6.54 Å². The van der Waals surface area contributed by atoms with Gasteiger partial charge in [-0.05, 0) is 49.6 Å². The maximum absolute atomic E-state index is 5.95. The maximum Gasteiger partial charge on any atom is 0.0646 e. The topological polar surface area (TPSA) is 18.8 Å².